The molecule has 0 unspecified atom stereocenters. The van der Waals surface area contributed by atoms with Crippen molar-refractivity contribution in [2.24, 2.45) is 4.99 Å². The lowest BCUT2D eigenvalue weighted by molar-refractivity contribution is -0.113. The van der Waals surface area contributed by atoms with Crippen LogP contribution in [0.1, 0.15) is 16.7 Å². The molecule has 1 aliphatic heterocycles. The van der Waals surface area contributed by atoms with E-state index in [0.29, 0.717) is 32.6 Å². The van der Waals surface area contributed by atoms with Crippen molar-refractivity contribution in [3.63, 3.8) is 0 Å². The number of aliphatic hydroxyl groups excluding tert-OH is 2. The average molecular weight is 463 g/mol. The molecular formula is C25H22N2O5S. The maximum Gasteiger partial charge on any atom is 0.271 e. The number of methoxy groups -OCH3 is 1. The van der Waals surface area contributed by atoms with Crippen molar-refractivity contribution < 1.29 is 24.9 Å². The van der Waals surface area contributed by atoms with Gasteiger partial charge in [0.15, 0.2) is 16.7 Å². The number of benzene rings is 3. The summed E-state index contributed by atoms with van der Waals surface area (Å²) in [5, 5.41) is 29.5. The number of phenols is 1. The predicted octanol–water partition coefficient (Wildman–Crippen LogP) is 4.19. The Kier molecular flexibility index (Phi) is 6.79. The number of nitrogens with zero attached hydrogens (tertiary/aromatic N) is 2. The Morgan fingerprint density at radius 1 is 1.03 bits per heavy atom. The molecule has 0 radical (unpaired) electrons. The van der Waals surface area contributed by atoms with Gasteiger partial charge in [0, 0.05) is 5.56 Å². The van der Waals surface area contributed by atoms with Crippen LogP contribution in [0, 0.1) is 0 Å². The van der Waals surface area contributed by atoms with E-state index >= 15 is 0 Å². The lowest BCUT2D eigenvalue weighted by atomic mass is 10.1. The van der Waals surface area contributed by atoms with E-state index in [1.807, 2.05) is 30.3 Å². The summed E-state index contributed by atoms with van der Waals surface area (Å²) >= 11 is 1.22. The Hall–Kier alpha value is -3.59. The smallest absolute Gasteiger partial charge is 0.271 e. The summed E-state index contributed by atoms with van der Waals surface area (Å²) in [5.41, 5.74) is 2.97. The number of hydrogen-bond donors (Lipinski definition) is 3. The van der Waals surface area contributed by atoms with E-state index < -0.39 is 0 Å². The molecular weight excluding hydrogens is 440 g/mol. The average Bonchev–Trinajstić information content (AvgIpc) is 3.14. The van der Waals surface area contributed by atoms with E-state index in [1.54, 1.807) is 42.5 Å². The van der Waals surface area contributed by atoms with Gasteiger partial charge in [-0.2, -0.15) is 0 Å². The Morgan fingerprint density at radius 2 is 1.76 bits per heavy atom. The number of thioether (sulfide) groups is 1. The number of anilines is 1. The van der Waals surface area contributed by atoms with Gasteiger partial charge in [0.05, 0.1) is 36.6 Å². The molecule has 7 nitrogen and oxygen atoms in total. The van der Waals surface area contributed by atoms with Crippen LogP contribution >= 0.6 is 11.8 Å². The molecule has 3 aromatic carbocycles. The normalized spacial score (nSPS) is 16.1. The lowest BCUT2D eigenvalue weighted by Gasteiger charge is -2.16. The second-order valence-corrected chi connectivity index (χ2v) is 8.20. The highest BCUT2D eigenvalue weighted by atomic mass is 32.2. The van der Waals surface area contributed by atoms with Gasteiger partial charge in [0.1, 0.15) is 0 Å². The van der Waals surface area contributed by atoms with Gasteiger partial charge >= 0.3 is 0 Å². The van der Waals surface area contributed by atoms with Crippen molar-refractivity contribution in [3.05, 3.63) is 88.3 Å². The summed E-state index contributed by atoms with van der Waals surface area (Å²) in [7, 11) is 1.42. The third kappa shape index (κ3) is 4.78. The zero-order valence-corrected chi connectivity index (χ0v) is 18.6. The summed E-state index contributed by atoms with van der Waals surface area (Å²) in [4.78, 5) is 20.0. The second kappa shape index (κ2) is 9.91. The Labute approximate surface area is 195 Å². The molecule has 33 heavy (non-hydrogen) atoms. The number of carbonyl (C=O) groups excluding carboxylic acids is 1. The van der Waals surface area contributed by atoms with Crippen LogP contribution in [0.15, 0.2) is 76.6 Å². The number of carbonyl (C=O) groups is 1. The highest BCUT2D eigenvalue weighted by Crippen LogP contribution is 2.39. The summed E-state index contributed by atoms with van der Waals surface area (Å²) in [6, 6.07) is 19.6. The standard InChI is InChI=1S/C25H22N2O5S/c1-32-21-12-17(11-18(15-29)23(21)30)13-22-24(31)27(20-9-7-16(14-28)8-10-20)25(33-22)26-19-5-3-2-4-6-19/h2-13,28-30H,14-15H2,1H3. The highest BCUT2D eigenvalue weighted by Gasteiger charge is 2.35. The monoisotopic (exact) mass is 462 g/mol. The number of aliphatic hydroxyl groups is 2. The van der Waals surface area contributed by atoms with Crippen LogP contribution in [0.5, 0.6) is 11.5 Å². The summed E-state index contributed by atoms with van der Waals surface area (Å²) in [5.74, 6) is -0.188. The molecule has 1 amide bonds. The topological polar surface area (TPSA) is 103 Å². The highest BCUT2D eigenvalue weighted by molar-refractivity contribution is 8.19. The van der Waals surface area contributed by atoms with E-state index in [9.17, 15) is 20.1 Å². The van der Waals surface area contributed by atoms with Gasteiger partial charge in [-0.25, -0.2) is 4.99 Å². The molecule has 3 aromatic rings. The van der Waals surface area contributed by atoms with Gasteiger partial charge in [-0.1, -0.05) is 30.3 Å². The number of aromatic hydroxyl groups is 1. The van der Waals surface area contributed by atoms with E-state index in [0.717, 1.165) is 5.56 Å². The van der Waals surface area contributed by atoms with Gasteiger partial charge < -0.3 is 20.1 Å². The Bertz CT molecular complexity index is 1200. The molecule has 0 aromatic heterocycles. The number of para-hydroxylation sites is 1. The summed E-state index contributed by atoms with van der Waals surface area (Å²) < 4.78 is 5.20. The minimum Gasteiger partial charge on any atom is -0.504 e. The van der Waals surface area contributed by atoms with Crippen molar-refractivity contribution in [2.75, 3.05) is 12.0 Å². The first kappa shape index (κ1) is 22.6. The first-order chi connectivity index (χ1) is 16.0. The molecule has 0 bridgehead atoms. The van der Waals surface area contributed by atoms with Crippen LogP contribution in [0.25, 0.3) is 6.08 Å². The molecule has 0 saturated carbocycles. The molecule has 3 N–H and O–H groups in total. The third-order valence-corrected chi connectivity index (χ3v) is 6.00. The molecule has 1 fully saturated rings. The maximum absolute atomic E-state index is 13.4. The zero-order valence-electron chi connectivity index (χ0n) is 17.8. The molecule has 0 aliphatic carbocycles. The fourth-order valence-corrected chi connectivity index (χ4v) is 4.34. The van der Waals surface area contributed by atoms with E-state index in [1.165, 1.54) is 23.8 Å². The predicted molar refractivity (Wildman–Crippen MR) is 130 cm³/mol. The number of amides is 1. The zero-order chi connectivity index (χ0) is 23.4. The SMILES string of the molecule is COc1cc(C=C2SC(=Nc3ccccc3)N(c3ccc(CO)cc3)C2=O)cc(CO)c1O. The molecule has 4 rings (SSSR count). The van der Waals surface area contributed by atoms with Crippen LogP contribution in [0.3, 0.4) is 0 Å². The van der Waals surface area contributed by atoms with Crippen molar-refractivity contribution >= 4 is 40.3 Å². The van der Waals surface area contributed by atoms with Crippen LogP contribution in [-0.2, 0) is 18.0 Å². The fourth-order valence-electron chi connectivity index (χ4n) is 3.34. The van der Waals surface area contributed by atoms with E-state index in [4.69, 9.17) is 4.74 Å². The largest absolute Gasteiger partial charge is 0.504 e. The first-order valence-electron chi connectivity index (χ1n) is 10.1. The second-order valence-electron chi connectivity index (χ2n) is 7.19. The first-order valence-corrected chi connectivity index (χ1v) is 10.9. The molecule has 1 aliphatic rings. The molecule has 1 heterocycles. The molecule has 8 heteroatoms. The minimum atomic E-state index is -0.371. The molecule has 0 spiro atoms. The van der Waals surface area contributed by atoms with Crippen molar-refractivity contribution in [1.29, 1.82) is 0 Å². The van der Waals surface area contributed by atoms with Gasteiger partial charge in [-0.05, 0) is 65.4 Å². The minimum absolute atomic E-state index is 0.0883. The number of rotatable bonds is 6. The van der Waals surface area contributed by atoms with Crippen molar-refractivity contribution in [1.82, 2.24) is 0 Å². The Balaban J connectivity index is 1.78. The summed E-state index contributed by atoms with van der Waals surface area (Å²) in [6.45, 7) is -0.459. The van der Waals surface area contributed by atoms with Gasteiger partial charge in [0.25, 0.3) is 5.91 Å². The van der Waals surface area contributed by atoms with Crippen molar-refractivity contribution in [2.45, 2.75) is 13.2 Å². The van der Waals surface area contributed by atoms with E-state index in [-0.39, 0.29) is 30.6 Å². The summed E-state index contributed by atoms with van der Waals surface area (Å²) in [6.07, 6.45) is 1.68. The molecule has 0 atom stereocenters. The number of amidine groups is 1. The maximum atomic E-state index is 13.4. The number of ether oxygens (including phenoxy) is 1. The lowest BCUT2D eigenvalue weighted by Crippen LogP contribution is -2.28. The number of hydrogen-bond acceptors (Lipinski definition) is 7. The molecule has 168 valence electrons. The van der Waals surface area contributed by atoms with E-state index in [2.05, 4.69) is 4.99 Å². The van der Waals surface area contributed by atoms with Crippen LogP contribution < -0.4 is 9.64 Å². The Morgan fingerprint density at radius 3 is 2.39 bits per heavy atom. The van der Waals surface area contributed by atoms with Crippen LogP contribution in [0.4, 0.5) is 11.4 Å². The van der Waals surface area contributed by atoms with Crippen LogP contribution in [0.2, 0.25) is 0 Å². The van der Waals surface area contributed by atoms with Gasteiger partial charge in [0.2, 0.25) is 0 Å². The van der Waals surface area contributed by atoms with Crippen molar-refractivity contribution in [3.8, 4) is 11.5 Å². The fraction of sp³-hybridized carbons (Fsp3) is 0.120. The van der Waals surface area contributed by atoms with Crippen LogP contribution in [-0.4, -0.2) is 33.5 Å². The third-order valence-electron chi connectivity index (χ3n) is 5.03. The quantitative estimate of drug-likeness (QED) is 0.475. The number of aliphatic imine (C=N–C) groups is 1. The van der Waals surface area contributed by atoms with Gasteiger partial charge in [-0.3, -0.25) is 9.69 Å². The molecule has 1 saturated heterocycles. The van der Waals surface area contributed by atoms with Gasteiger partial charge in [-0.15, -0.1) is 0 Å².